The Morgan fingerprint density at radius 1 is 1.39 bits per heavy atom. The van der Waals surface area contributed by atoms with Crippen LogP contribution in [-0.2, 0) is 6.42 Å². The maximum atomic E-state index is 13.4. The zero-order valence-corrected chi connectivity index (χ0v) is 12.0. The lowest BCUT2D eigenvalue weighted by Gasteiger charge is -1.92. The Labute approximate surface area is 116 Å². The van der Waals surface area contributed by atoms with E-state index in [1.165, 1.54) is 10.9 Å². The molecule has 0 aliphatic heterocycles. The molecule has 0 saturated carbocycles. The van der Waals surface area contributed by atoms with Crippen LogP contribution in [0.5, 0.6) is 0 Å². The molecule has 92 valence electrons. The number of H-pyrrole nitrogens is 1. The number of aryl methyl sites for hydroxylation is 1. The first-order chi connectivity index (χ1) is 8.67. The Kier molecular flexibility index (Phi) is 2.95. The Morgan fingerprint density at radius 3 is 2.94 bits per heavy atom. The van der Waals surface area contributed by atoms with E-state index in [-0.39, 0.29) is 5.82 Å². The minimum Gasteiger partial charge on any atom is -0.337 e. The molecule has 1 aromatic carbocycles. The molecule has 2 heterocycles. The summed E-state index contributed by atoms with van der Waals surface area (Å²) in [6, 6.07) is 7.31. The van der Waals surface area contributed by atoms with E-state index in [2.05, 4.69) is 38.9 Å². The molecule has 0 saturated heterocycles. The number of halogens is 2. The van der Waals surface area contributed by atoms with E-state index >= 15 is 0 Å². The van der Waals surface area contributed by atoms with Crippen molar-refractivity contribution in [3.05, 3.63) is 39.4 Å². The molecule has 0 aliphatic carbocycles. The number of nitrogens with zero attached hydrogens (tertiary/aromatic N) is 1. The van der Waals surface area contributed by atoms with Gasteiger partial charge in [0.2, 0.25) is 0 Å². The van der Waals surface area contributed by atoms with Gasteiger partial charge in [-0.1, -0.05) is 6.92 Å². The topological polar surface area (TPSA) is 28.7 Å². The summed E-state index contributed by atoms with van der Waals surface area (Å²) in [6.45, 7) is 2.13. The summed E-state index contributed by atoms with van der Waals surface area (Å²) in [7, 11) is 0. The van der Waals surface area contributed by atoms with E-state index in [1.54, 1.807) is 17.4 Å². The van der Waals surface area contributed by atoms with Crippen LogP contribution < -0.4 is 0 Å². The number of rotatable bonds is 2. The van der Waals surface area contributed by atoms with Crippen molar-refractivity contribution in [2.24, 2.45) is 0 Å². The molecular formula is C13H10BrFN2S. The van der Waals surface area contributed by atoms with Crippen molar-refractivity contribution in [1.82, 2.24) is 9.97 Å². The van der Waals surface area contributed by atoms with Gasteiger partial charge in [-0.25, -0.2) is 9.37 Å². The van der Waals surface area contributed by atoms with Crippen molar-refractivity contribution in [2.45, 2.75) is 13.3 Å². The smallest absolute Gasteiger partial charge is 0.148 e. The summed E-state index contributed by atoms with van der Waals surface area (Å²) in [4.78, 5) is 10.0. The lowest BCUT2D eigenvalue weighted by atomic mass is 10.3. The van der Waals surface area contributed by atoms with E-state index in [0.717, 1.165) is 28.2 Å². The summed E-state index contributed by atoms with van der Waals surface area (Å²) in [5.74, 6) is 0.519. The molecule has 0 amide bonds. The number of fused-ring (bicyclic) bond motifs is 1. The largest absolute Gasteiger partial charge is 0.337 e. The number of imidazole rings is 1. The third kappa shape index (κ3) is 1.97. The molecule has 0 fully saturated rings. The Morgan fingerprint density at radius 2 is 2.22 bits per heavy atom. The molecule has 0 unspecified atom stereocenters. The van der Waals surface area contributed by atoms with Crippen molar-refractivity contribution in [1.29, 1.82) is 0 Å². The summed E-state index contributed by atoms with van der Waals surface area (Å²) >= 11 is 4.88. The van der Waals surface area contributed by atoms with Crippen LogP contribution in [0.15, 0.2) is 28.7 Å². The maximum absolute atomic E-state index is 13.4. The second kappa shape index (κ2) is 4.48. The van der Waals surface area contributed by atoms with Crippen molar-refractivity contribution < 1.29 is 4.39 Å². The predicted molar refractivity (Wildman–Crippen MR) is 76.4 cm³/mol. The number of thiophene rings is 1. The highest BCUT2D eigenvalue weighted by molar-refractivity contribution is 9.10. The molecule has 2 nitrogen and oxygen atoms in total. The third-order valence-electron chi connectivity index (χ3n) is 2.77. The van der Waals surface area contributed by atoms with Crippen LogP contribution in [0, 0.1) is 5.82 Å². The molecule has 1 N–H and O–H groups in total. The van der Waals surface area contributed by atoms with Crippen molar-refractivity contribution >= 4 is 38.3 Å². The zero-order chi connectivity index (χ0) is 12.7. The molecule has 0 radical (unpaired) electrons. The van der Waals surface area contributed by atoms with Crippen LogP contribution >= 0.6 is 27.3 Å². The van der Waals surface area contributed by atoms with Crippen LogP contribution in [0.3, 0.4) is 0 Å². The van der Waals surface area contributed by atoms with Gasteiger partial charge in [-0.05, 0) is 40.5 Å². The quantitative estimate of drug-likeness (QED) is 0.723. The van der Waals surface area contributed by atoms with Gasteiger partial charge < -0.3 is 4.98 Å². The highest BCUT2D eigenvalue weighted by Crippen LogP contribution is 2.29. The molecule has 0 aliphatic rings. The summed E-state index contributed by atoms with van der Waals surface area (Å²) in [5, 5.41) is 0. The minimum absolute atomic E-state index is 0.280. The average Bonchev–Trinajstić information content (AvgIpc) is 2.95. The molecule has 18 heavy (non-hydrogen) atoms. The van der Waals surface area contributed by atoms with E-state index in [1.807, 2.05) is 6.07 Å². The van der Waals surface area contributed by atoms with E-state index in [9.17, 15) is 4.39 Å². The first-order valence-electron chi connectivity index (χ1n) is 5.61. The zero-order valence-electron chi connectivity index (χ0n) is 9.63. The second-order valence-electron chi connectivity index (χ2n) is 3.99. The van der Waals surface area contributed by atoms with Gasteiger partial charge in [-0.3, -0.25) is 0 Å². The SMILES string of the molecule is CCc1ccc(-c2nc3cc(Br)c(F)cc3[nH]2)s1. The number of hydrogen-bond donors (Lipinski definition) is 1. The molecule has 0 atom stereocenters. The van der Waals surface area contributed by atoms with Crippen molar-refractivity contribution in [2.75, 3.05) is 0 Å². The van der Waals surface area contributed by atoms with Crippen LogP contribution in [0.1, 0.15) is 11.8 Å². The van der Waals surface area contributed by atoms with Gasteiger partial charge in [-0.15, -0.1) is 11.3 Å². The molecule has 2 aromatic heterocycles. The lowest BCUT2D eigenvalue weighted by molar-refractivity contribution is 0.623. The average molecular weight is 325 g/mol. The fourth-order valence-electron chi connectivity index (χ4n) is 1.82. The first-order valence-corrected chi connectivity index (χ1v) is 7.22. The van der Waals surface area contributed by atoms with Gasteiger partial charge in [0.1, 0.15) is 11.6 Å². The van der Waals surface area contributed by atoms with Crippen LogP contribution in [0.4, 0.5) is 4.39 Å². The monoisotopic (exact) mass is 324 g/mol. The first kappa shape index (κ1) is 11.9. The lowest BCUT2D eigenvalue weighted by Crippen LogP contribution is -1.77. The van der Waals surface area contributed by atoms with Gasteiger partial charge in [0, 0.05) is 10.9 Å². The molecule has 0 spiro atoms. The summed E-state index contributed by atoms with van der Waals surface area (Å²) < 4.78 is 13.9. The van der Waals surface area contributed by atoms with Gasteiger partial charge in [0.25, 0.3) is 0 Å². The van der Waals surface area contributed by atoms with Gasteiger partial charge in [0.15, 0.2) is 0 Å². The Hall–Kier alpha value is -1.20. The molecule has 3 aromatic rings. The number of aromatic nitrogens is 2. The molecular weight excluding hydrogens is 315 g/mol. The minimum atomic E-state index is -0.280. The van der Waals surface area contributed by atoms with Crippen LogP contribution in [0.2, 0.25) is 0 Å². The molecule has 5 heteroatoms. The van der Waals surface area contributed by atoms with Crippen LogP contribution in [0.25, 0.3) is 21.7 Å². The number of benzene rings is 1. The van der Waals surface area contributed by atoms with Crippen molar-refractivity contribution in [3.63, 3.8) is 0 Å². The van der Waals surface area contributed by atoms with E-state index in [0.29, 0.717) is 4.47 Å². The Balaban J connectivity index is 2.13. The van der Waals surface area contributed by atoms with E-state index in [4.69, 9.17) is 0 Å². The second-order valence-corrected chi connectivity index (χ2v) is 6.01. The fraction of sp³-hybridized carbons (Fsp3) is 0.154. The summed E-state index contributed by atoms with van der Waals surface area (Å²) in [6.07, 6.45) is 1.02. The molecule has 3 rings (SSSR count). The van der Waals surface area contributed by atoms with E-state index < -0.39 is 0 Å². The third-order valence-corrected chi connectivity index (χ3v) is 4.61. The highest BCUT2D eigenvalue weighted by Gasteiger charge is 2.10. The molecule has 0 bridgehead atoms. The highest BCUT2D eigenvalue weighted by atomic mass is 79.9. The van der Waals surface area contributed by atoms with Crippen molar-refractivity contribution in [3.8, 4) is 10.7 Å². The number of hydrogen-bond acceptors (Lipinski definition) is 2. The predicted octanol–water partition coefficient (Wildman–Crippen LogP) is 4.76. The number of aromatic amines is 1. The summed E-state index contributed by atoms with van der Waals surface area (Å²) in [5.41, 5.74) is 1.49. The van der Waals surface area contributed by atoms with Gasteiger partial charge >= 0.3 is 0 Å². The maximum Gasteiger partial charge on any atom is 0.148 e. The van der Waals surface area contributed by atoms with Gasteiger partial charge in [0.05, 0.1) is 20.4 Å². The van der Waals surface area contributed by atoms with Crippen LogP contribution in [-0.4, -0.2) is 9.97 Å². The standard InChI is InChI=1S/C13H10BrFN2S/c1-2-7-3-4-12(18-7)13-16-10-5-8(14)9(15)6-11(10)17-13/h3-6H,2H2,1H3,(H,16,17). The number of nitrogens with one attached hydrogen (secondary N) is 1. The fourth-order valence-corrected chi connectivity index (χ4v) is 3.04. The Bertz CT molecular complexity index is 678. The van der Waals surface area contributed by atoms with Gasteiger partial charge in [-0.2, -0.15) is 0 Å². The normalized spacial score (nSPS) is 11.3.